The highest BCUT2D eigenvalue weighted by Gasteiger charge is 2.29. The van der Waals surface area contributed by atoms with Gasteiger partial charge in [-0.05, 0) is 48.6 Å². The van der Waals surface area contributed by atoms with Crippen LogP contribution in [0.4, 0.5) is 0 Å². The molecular weight excluding hydrogens is 1000 g/mol. The van der Waals surface area contributed by atoms with Gasteiger partial charge in [0.05, 0.1) is 126 Å². The molecule has 4 aliphatic rings. The second-order valence-corrected chi connectivity index (χ2v) is 27.4. The van der Waals surface area contributed by atoms with E-state index in [1.54, 1.807) is 0 Å². The molecule has 4 aliphatic heterocycles. The molecule has 4 aromatic carbocycles. The van der Waals surface area contributed by atoms with E-state index in [0.29, 0.717) is 12.1 Å². The number of nitrogens with zero attached hydrogens (tertiary/aromatic N) is 4. The van der Waals surface area contributed by atoms with Gasteiger partial charge in [-0.1, -0.05) is 77.6 Å². The van der Waals surface area contributed by atoms with Crippen molar-refractivity contribution < 1.29 is 69.8 Å². The summed E-state index contributed by atoms with van der Waals surface area (Å²) in [6, 6.07) is 4.27. The van der Waals surface area contributed by atoms with Crippen LogP contribution in [0.5, 0.6) is 0 Å². The van der Waals surface area contributed by atoms with E-state index in [0.717, 1.165) is 24.3 Å². The van der Waals surface area contributed by atoms with E-state index < -0.39 is 92.4 Å². The summed E-state index contributed by atoms with van der Waals surface area (Å²) in [5.74, 6) is 0. The molecule has 4 saturated heterocycles. The summed E-state index contributed by atoms with van der Waals surface area (Å²) in [7, 11) is -12.0. The molecule has 410 valence electrons. The van der Waals surface area contributed by atoms with Crippen molar-refractivity contribution in [3.8, 4) is 0 Å². The fourth-order valence-corrected chi connectivity index (χ4v) is 14.1. The SMILES string of the molecule is CCCC[N+]1(C)CCCC1.CCCC[N+]1(C)CCCC1.CCCC[N+]1(C)CCCC1.CCCC[N+]1(C)CCCC1.O=S(=O)([O-])c1cc(S(=O)(=O)[O-])c2ccc3c(S(=O)(=O)[O-])cc(S(=O)(=O)[O-])c4ccc1c2c43. The maximum atomic E-state index is 11.8. The van der Waals surface area contributed by atoms with Crippen LogP contribution in [-0.4, -0.2) is 177 Å². The van der Waals surface area contributed by atoms with Crippen molar-refractivity contribution in [3.05, 3.63) is 36.4 Å². The number of benzene rings is 4. The highest BCUT2D eigenvalue weighted by molar-refractivity contribution is 7.87. The Balaban J connectivity index is 0.000000228. The summed E-state index contributed by atoms with van der Waals surface area (Å²) in [5.41, 5.74) is 0. The standard InChI is InChI=1S/C16H10O12S4.4C9H20N/c17-29(18,19)11-5-13(31(23,24)25)9-3-4-10-14(32(26,27)28)6-12(30(20,21)22)8-2-1-7(11)15(9)16(8)10;4*1-3-4-7-10(2)8-5-6-9-10/h1-6H,(H,17,18,19)(H,20,21,22)(H,23,24,25)(H,26,27,28);4*3-9H2,1-2H3/q;4*+1/p-4. The van der Waals surface area contributed by atoms with E-state index in [9.17, 15) is 51.9 Å². The summed E-state index contributed by atoms with van der Waals surface area (Å²) in [6.45, 7) is 26.2. The molecule has 4 aromatic rings. The number of unbranched alkanes of at least 4 members (excludes halogenated alkanes) is 4. The van der Waals surface area contributed by atoms with Crippen LogP contribution in [0, 0.1) is 0 Å². The predicted octanol–water partition coefficient (Wildman–Crippen LogP) is 8.31. The van der Waals surface area contributed by atoms with Crippen molar-refractivity contribution in [3.63, 3.8) is 0 Å². The molecule has 20 heteroatoms. The molecule has 0 N–H and O–H groups in total. The fourth-order valence-electron chi connectivity index (χ4n) is 11.1. The van der Waals surface area contributed by atoms with Crippen LogP contribution >= 0.6 is 0 Å². The van der Waals surface area contributed by atoms with Gasteiger partial charge in [0.25, 0.3) is 0 Å². The minimum absolute atomic E-state index is 0.336. The third-order valence-corrected chi connectivity index (χ3v) is 19.1. The third kappa shape index (κ3) is 17.2. The highest BCUT2D eigenvalue weighted by Crippen LogP contribution is 2.44. The van der Waals surface area contributed by atoms with Crippen molar-refractivity contribution in [2.45, 2.75) is 150 Å². The molecule has 0 atom stereocenters. The van der Waals surface area contributed by atoms with E-state index >= 15 is 0 Å². The van der Waals surface area contributed by atoms with Gasteiger partial charge < -0.3 is 36.1 Å². The summed E-state index contributed by atoms with van der Waals surface area (Å²) >= 11 is 0. The molecule has 0 amide bonds. The Labute approximate surface area is 433 Å². The van der Waals surface area contributed by atoms with Crippen LogP contribution < -0.4 is 0 Å². The Kier molecular flexibility index (Phi) is 22.3. The summed E-state index contributed by atoms with van der Waals surface area (Å²) in [6.07, 6.45) is 22.7. The molecule has 0 spiro atoms. The molecule has 0 bridgehead atoms. The number of hydrogen-bond acceptors (Lipinski definition) is 12. The van der Waals surface area contributed by atoms with Gasteiger partial charge in [0, 0.05) is 72.9 Å². The Morgan fingerprint density at radius 3 is 0.653 bits per heavy atom. The quantitative estimate of drug-likeness (QED) is 0.0586. The van der Waals surface area contributed by atoms with Gasteiger partial charge in [-0.15, -0.1) is 0 Å². The Morgan fingerprint density at radius 1 is 0.347 bits per heavy atom. The number of quaternary nitrogens is 4. The Hall–Kier alpha value is -2.60. The number of likely N-dealkylation sites (tertiary alicyclic amines) is 4. The Morgan fingerprint density at radius 2 is 0.514 bits per heavy atom. The first-order chi connectivity index (χ1) is 33.5. The molecule has 0 radical (unpaired) electrons. The molecule has 72 heavy (non-hydrogen) atoms. The third-order valence-electron chi connectivity index (χ3n) is 15.6. The van der Waals surface area contributed by atoms with E-state index in [4.69, 9.17) is 0 Å². The molecule has 4 fully saturated rings. The van der Waals surface area contributed by atoms with Gasteiger partial charge in [0.15, 0.2) is 0 Å². The Bertz CT molecular complexity index is 2460. The molecule has 4 heterocycles. The average Bonchev–Trinajstić information content (AvgIpc) is 4.14. The number of rotatable bonds is 16. The van der Waals surface area contributed by atoms with Crippen LogP contribution in [0.15, 0.2) is 56.0 Å². The normalized spacial score (nSPS) is 19.2. The summed E-state index contributed by atoms with van der Waals surface area (Å²) in [4.78, 5) is -4.63. The lowest BCUT2D eigenvalue weighted by Gasteiger charge is -2.28. The van der Waals surface area contributed by atoms with Gasteiger partial charge in [0.1, 0.15) is 40.5 Å². The highest BCUT2D eigenvalue weighted by atomic mass is 32.2. The molecule has 0 saturated carbocycles. The molecule has 0 aliphatic carbocycles. The van der Waals surface area contributed by atoms with Crippen molar-refractivity contribution in [2.75, 3.05) is 107 Å². The number of hydrogen-bond donors (Lipinski definition) is 0. The van der Waals surface area contributed by atoms with Gasteiger partial charge in [0.2, 0.25) is 0 Å². The average molecular weight is 1090 g/mol. The van der Waals surface area contributed by atoms with Gasteiger partial charge in [-0.2, -0.15) is 0 Å². The summed E-state index contributed by atoms with van der Waals surface area (Å²) < 4.78 is 147. The maximum absolute atomic E-state index is 11.8. The first kappa shape index (κ1) is 61.9. The molecule has 8 rings (SSSR count). The van der Waals surface area contributed by atoms with Crippen LogP contribution in [0.25, 0.3) is 32.3 Å². The lowest BCUT2D eigenvalue weighted by atomic mass is 9.94. The van der Waals surface area contributed by atoms with Gasteiger partial charge in [-0.3, -0.25) is 0 Å². The molecule has 0 aromatic heterocycles. The van der Waals surface area contributed by atoms with Gasteiger partial charge >= 0.3 is 0 Å². The fraction of sp³-hybridized carbons (Fsp3) is 0.692. The lowest BCUT2D eigenvalue weighted by Crippen LogP contribution is -2.41. The predicted molar refractivity (Wildman–Crippen MR) is 282 cm³/mol. The van der Waals surface area contributed by atoms with E-state index in [1.165, 1.54) is 199 Å². The van der Waals surface area contributed by atoms with Crippen molar-refractivity contribution >= 4 is 72.8 Å². The monoisotopic (exact) mass is 1090 g/mol. The van der Waals surface area contributed by atoms with E-state index in [2.05, 4.69) is 55.9 Å². The summed E-state index contributed by atoms with van der Waals surface area (Å²) in [5, 5.41) is -2.90. The van der Waals surface area contributed by atoms with Crippen molar-refractivity contribution in [1.29, 1.82) is 0 Å². The van der Waals surface area contributed by atoms with E-state index in [-0.39, 0.29) is 0 Å². The van der Waals surface area contributed by atoms with E-state index in [1.807, 2.05) is 0 Å². The van der Waals surface area contributed by atoms with Crippen LogP contribution in [0.1, 0.15) is 130 Å². The maximum Gasteiger partial charge on any atom is 0.125 e. The first-order valence-corrected chi connectivity index (χ1v) is 32.1. The van der Waals surface area contributed by atoms with Gasteiger partial charge in [-0.25, -0.2) is 33.7 Å². The molecule has 0 unspecified atom stereocenters. The largest absolute Gasteiger partial charge is 0.744 e. The van der Waals surface area contributed by atoms with Crippen LogP contribution in [0.3, 0.4) is 0 Å². The molecule has 16 nitrogen and oxygen atoms in total. The van der Waals surface area contributed by atoms with Crippen LogP contribution in [0.2, 0.25) is 0 Å². The topological polar surface area (TPSA) is 229 Å². The molecular formula is C52H86N4O12S4. The minimum atomic E-state index is -5.40. The lowest BCUT2D eigenvalue weighted by molar-refractivity contribution is -0.897. The van der Waals surface area contributed by atoms with Crippen molar-refractivity contribution in [2.24, 2.45) is 0 Å². The second kappa shape index (κ2) is 26.0. The zero-order valence-electron chi connectivity index (χ0n) is 44.6. The zero-order valence-corrected chi connectivity index (χ0v) is 47.8. The first-order valence-electron chi connectivity index (χ1n) is 26.5. The minimum Gasteiger partial charge on any atom is -0.744 e. The zero-order chi connectivity index (χ0) is 53.8. The smallest absolute Gasteiger partial charge is 0.125 e. The van der Waals surface area contributed by atoms with Crippen LogP contribution in [-0.2, 0) is 40.5 Å². The van der Waals surface area contributed by atoms with Crippen molar-refractivity contribution in [1.82, 2.24) is 0 Å². The second-order valence-electron chi connectivity index (χ2n) is 22.0.